The number of benzene rings is 2. The van der Waals surface area contributed by atoms with Gasteiger partial charge in [-0.05, 0) is 21.0 Å². The molecule has 27 heavy (non-hydrogen) atoms. The average molecular weight is 365 g/mol. The van der Waals surface area contributed by atoms with E-state index < -0.39 is 0 Å². The van der Waals surface area contributed by atoms with E-state index in [-0.39, 0.29) is 45.7 Å². The van der Waals surface area contributed by atoms with E-state index in [4.69, 9.17) is 9.15 Å². The molecule has 138 valence electrons. The molecule has 0 bridgehead atoms. The third-order valence-electron chi connectivity index (χ3n) is 4.55. The summed E-state index contributed by atoms with van der Waals surface area (Å²) in [5, 5.41) is 10.8. The fourth-order valence-electron chi connectivity index (χ4n) is 3.55. The van der Waals surface area contributed by atoms with Crippen molar-refractivity contribution >= 4 is 22.5 Å². The number of hydrogen-bond acceptors (Lipinski definition) is 6. The molecule has 1 atom stereocenters. The zero-order chi connectivity index (χ0) is 19.3. The van der Waals surface area contributed by atoms with E-state index >= 15 is 0 Å². The van der Waals surface area contributed by atoms with Crippen molar-refractivity contribution in [2.75, 3.05) is 20.6 Å². The van der Waals surface area contributed by atoms with Crippen LogP contribution in [-0.2, 0) is 0 Å². The maximum atomic E-state index is 12.9. The molecule has 0 saturated heterocycles. The van der Waals surface area contributed by atoms with Crippen molar-refractivity contribution in [2.24, 2.45) is 0 Å². The molecule has 1 N–H and O–H groups in total. The number of carbonyl (C=O) groups is 2. The Balaban J connectivity index is 1.82. The Labute approximate surface area is 156 Å². The second-order valence-electron chi connectivity index (χ2n) is 7.02. The molecule has 4 rings (SSSR count). The van der Waals surface area contributed by atoms with E-state index in [0.29, 0.717) is 23.4 Å². The number of carbonyl (C=O) groups excluding carboxylic acids is 2. The van der Waals surface area contributed by atoms with Gasteiger partial charge in [0.25, 0.3) is 0 Å². The molecular formula is C21H19NO5. The summed E-state index contributed by atoms with van der Waals surface area (Å²) in [5.74, 6) is -0.464. The van der Waals surface area contributed by atoms with Crippen LogP contribution in [-0.4, -0.2) is 48.3 Å². The normalized spacial score (nSPS) is 14.4. The zero-order valence-corrected chi connectivity index (χ0v) is 15.3. The summed E-state index contributed by atoms with van der Waals surface area (Å²) in [6.45, 7) is 2.61. The van der Waals surface area contributed by atoms with Crippen molar-refractivity contribution in [1.82, 2.24) is 4.90 Å². The number of fused-ring (bicyclic) bond motifs is 4. The summed E-state index contributed by atoms with van der Waals surface area (Å²) in [5.41, 5.74) is 0.988. The van der Waals surface area contributed by atoms with Crippen molar-refractivity contribution in [3.05, 3.63) is 58.8 Å². The molecule has 0 amide bonds. The van der Waals surface area contributed by atoms with Gasteiger partial charge in [0, 0.05) is 29.8 Å². The smallest absolute Gasteiger partial charge is 0.229 e. The third kappa shape index (κ3) is 2.78. The highest BCUT2D eigenvalue weighted by atomic mass is 16.5. The molecule has 0 saturated carbocycles. The highest BCUT2D eigenvalue weighted by Gasteiger charge is 2.36. The van der Waals surface area contributed by atoms with Gasteiger partial charge in [-0.25, -0.2) is 0 Å². The van der Waals surface area contributed by atoms with Gasteiger partial charge in [0.1, 0.15) is 23.2 Å². The van der Waals surface area contributed by atoms with E-state index in [1.807, 2.05) is 25.9 Å². The highest BCUT2D eigenvalue weighted by molar-refractivity contribution is 6.31. The summed E-state index contributed by atoms with van der Waals surface area (Å²) in [6, 6.07) is 9.66. The topological polar surface area (TPSA) is 80.0 Å². The van der Waals surface area contributed by atoms with Crippen LogP contribution in [0.15, 0.2) is 40.8 Å². The maximum Gasteiger partial charge on any atom is 0.229 e. The molecule has 3 aromatic rings. The Morgan fingerprint density at radius 1 is 1.11 bits per heavy atom. The first kappa shape index (κ1) is 17.3. The second kappa shape index (κ2) is 6.25. The van der Waals surface area contributed by atoms with Crippen molar-refractivity contribution < 1.29 is 23.8 Å². The molecule has 1 aliphatic carbocycles. The molecular weight excluding hydrogens is 346 g/mol. The van der Waals surface area contributed by atoms with Crippen LogP contribution in [0.2, 0.25) is 0 Å². The summed E-state index contributed by atoms with van der Waals surface area (Å²) >= 11 is 0. The number of hydrogen-bond donors (Lipinski definition) is 1. The highest BCUT2D eigenvalue weighted by Crippen LogP contribution is 2.41. The lowest BCUT2D eigenvalue weighted by atomic mass is 9.87. The molecule has 6 nitrogen and oxygen atoms in total. The van der Waals surface area contributed by atoms with E-state index in [1.54, 1.807) is 30.3 Å². The summed E-state index contributed by atoms with van der Waals surface area (Å²) in [6.07, 6.45) is -0.117. The van der Waals surface area contributed by atoms with Gasteiger partial charge in [-0.3, -0.25) is 9.59 Å². The SMILES string of the molecule is CC(CN(C)C)Oc1cc(O)c2c3c(oc2c1)C(=O)c1ccccc1C3=O. The Bertz CT molecular complexity index is 1080. The van der Waals surface area contributed by atoms with E-state index in [2.05, 4.69) is 0 Å². The molecule has 0 spiro atoms. The van der Waals surface area contributed by atoms with Gasteiger partial charge in [-0.1, -0.05) is 24.3 Å². The van der Waals surface area contributed by atoms with Crippen molar-refractivity contribution in [1.29, 1.82) is 0 Å². The number of nitrogens with zero attached hydrogens (tertiary/aromatic N) is 1. The standard InChI is InChI=1S/C21H19NO5/c1-11(10-22(2)3)26-12-8-15(23)17-16(9-12)27-21-18(17)19(24)13-6-4-5-7-14(13)20(21)25/h4-9,11,23H,10H2,1-3H3. The maximum absolute atomic E-state index is 12.9. The molecule has 2 aromatic carbocycles. The van der Waals surface area contributed by atoms with Crippen LogP contribution in [0.5, 0.6) is 11.5 Å². The molecule has 1 aliphatic rings. The fourth-order valence-corrected chi connectivity index (χ4v) is 3.55. The first-order chi connectivity index (χ1) is 12.9. The van der Waals surface area contributed by atoms with Gasteiger partial charge in [-0.15, -0.1) is 0 Å². The quantitative estimate of drug-likeness (QED) is 0.598. The van der Waals surface area contributed by atoms with Crippen LogP contribution in [0.3, 0.4) is 0 Å². The number of aromatic hydroxyl groups is 1. The van der Waals surface area contributed by atoms with E-state index in [1.165, 1.54) is 6.07 Å². The van der Waals surface area contributed by atoms with Crippen LogP contribution in [0, 0.1) is 0 Å². The van der Waals surface area contributed by atoms with Crippen LogP contribution in [0.4, 0.5) is 0 Å². The van der Waals surface area contributed by atoms with Crippen LogP contribution in [0.25, 0.3) is 11.0 Å². The molecule has 0 aliphatic heterocycles. The Hall–Kier alpha value is -3.12. The zero-order valence-electron chi connectivity index (χ0n) is 15.3. The largest absolute Gasteiger partial charge is 0.507 e. The minimum absolute atomic E-state index is 0.0394. The van der Waals surface area contributed by atoms with E-state index in [0.717, 1.165) is 0 Å². The minimum Gasteiger partial charge on any atom is -0.507 e. The molecule has 0 radical (unpaired) electrons. The van der Waals surface area contributed by atoms with Gasteiger partial charge in [0.15, 0.2) is 11.5 Å². The van der Waals surface area contributed by atoms with Crippen LogP contribution < -0.4 is 4.74 Å². The van der Waals surface area contributed by atoms with Crippen LogP contribution >= 0.6 is 0 Å². The van der Waals surface area contributed by atoms with Gasteiger partial charge < -0.3 is 19.2 Å². The first-order valence-corrected chi connectivity index (χ1v) is 8.66. The van der Waals surface area contributed by atoms with Gasteiger partial charge in [-0.2, -0.15) is 0 Å². The van der Waals surface area contributed by atoms with Gasteiger partial charge in [0.05, 0.1) is 10.9 Å². The predicted molar refractivity (Wildman–Crippen MR) is 99.8 cm³/mol. The lowest BCUT2D eigenvalue weighted by Crippen LogP contribution is -2.27. The van der Waals surface area contributed by atoms with Crippen LogP contribution in [0.1, 0.15) is 39.0 Å². The fraction of sp³-hybridized carbons (Fsp3) is 0.238. The number of ketones is 2. The molecule has 1 aromatic heterocycles. The monoisotopic (exact) mass is 365 g/mol. The Kier molecular flexibility index (Phi) is 4.00. The lowest BCUT2D eigenvalue weighted by Gasteiger charge is -2.18. The lowest BCUT2D eigenvalue weighted by molar-refractivity contribution is 0.0962. The van der Waals surface area contributed by atoms with Gasteiger partial charge in [0.2, 0.25) is 5.78 Å². The molecule has 1 unspecified atom stereocenters. The molecule has 0 fully saturated rings. The number of phenolic OH excluding ortho intramolecular Hbond substituents is 1. The average Bonchev–Trinajstić information content (AvgIpc) is 2.99. The van der Waals surface area contributed by atoms with Crippen molar-refractivity contribution in [3.63, 3.8) is 0 Å². The number of rotatable bonds is 4. The van der Waals surface area contributed by atoms with Gasteiger partial charge >= 0.3 is 0 Å². The van der Waals surface area contributed by atoms with Crippen molar-refractivity contribution in [3.8, 4) is 11.5 Å². The summed E-state index contributed by atoms with van der Waals surface area (Å²) in [4.78, 5) is 27.6. The number of furan rings is 1. The Morgan fingerprint density at radius 2 is 1.78 bits per heavy atom. The number of ether oxygens (including phenoxy) is 1. The molecule has 1 heterocycles. The number of phenols is 1. The van der Waals surface area contributed by atoms with E-state index in [9.17, 15) is 14.7 Å². The summed E-state index contributed by atoms with van der Waals surface area (Å²) in [7, 11) is 3.88. The number of likely N-dealkylation sites (N-methyl/N-ethyl adjacent to an activating group) is 1. The molecule has 6 heteroatoms. The first-order valence-electron chi connectivity index (χ1n) is 8.66. The predicted octanol–water partition coefficient (Wildman–Crippen LogP) is 3.24. The summed E-state index contributed by atoms with van der Waals surface area (Å²) < 4.78 is 11.5. The van der Waals surface area contributed by atoms with Crippen molar-refractivity contribution in [2.45, 2.75) is 13.0 Å². The Morgan fingerprint density at radius 3 is 2.44 bits per heavy atom. The third-order valence-corrected chi connectivity index (χ3v) is 4.55. The second-order valence-corrected chi connectivity index (χ2v) is 7.02. The minimum atomic E-state index is -0.362.